The Hall–Kier alpha value is -1.64. The van der Waals surface area contributed by atoms with Gasteiger partial charge in [0.2, 0.25) is 0 Å². The van der Waals surface area contributed by atoms with Crippen molar-refractivity contribution in [2.45, 2.75) is 76.3 Å². The Bertz CT molecular complexity index is 610. The molecule has 0 unspecified atom stereocenters. The summed E-state index contributed by atoms with van der Waals surface area (Å²) in [6, 6.07) is 8.82. The average Bonchev–Trinajstić information content (AvgIpc) is 2.89. The molecule has 1 aliphatic heterocycles. The highest BCUT2D eigenvalue weighted by molar-refractivity contribution is 6.23. The molecule has 1 aromatic rings. The Labute approximate surface area is 138 Å². The molecule has 2 aliphatic carbocycles. The maximum absolute atomic E-state index is 13.0. The fourth-order valence-corrected chi connectivity index (χ4v) is 4.41. The highest BCUT2D eigenvalue weighted by atomic mass is 16.2. The van der Waals surface area contributed by atoms with E-state index < -0.39 is 0 Å². The molecule has 3 nitrogen and oxygen atoms in total. The lowest BCUT2D eigenvalue weighted by Crippen LogP contribution is -2.42. The van der Waals surface area contributed by atoms with Crippen molar-refractivity contribution in [1.82, 2.24) is 4.90 Å². The minimum atomic E-state index is 0.182. The van der Waals surface area contributed by atoms with Crippen LogP contribution in [0, 0.1) is 0 Å². The molecule has 3 aliphatic rings. The third-order valence-corrected chi connectivity index (χ3v) is 5.66. The van der Waals surface area contributed by atoms with Crippen LogP contribution in [-0.2, 0) is 0 Å². The van der Waals surface area contributed by atoms with Crippen LogP contribution in [-0.4, -0.2) is 28.7 Å². The zero-order valence-corrected chi connectivity index (χ0v) is 13.8. The van der Waals surface area contributed by atoms with Gasteiger partial charge in [-0.25, -0.2) is 0 Å². The van der Waals surface area contributed by atoms with E-state index >= 15 is 0 Å². The molecule has 2 fully saturated rings. The third kappa shape index (κ3) is 2.82. The van der Waals surface area contributed by atoms with Crippen molar-refractivity contribution >= 4 is 11.7 Å². The molecule has 4 rings (SSSR count). The normalized spacial score (nSPS) is 25.1. The number of fused-ring (bicyclic) bond motifs is 1. The Morgan fingerprint density at radius 3 is 2.13 bits per heavy atom. The first-order valence-electron chi connectivity index (χ1n) is 9.35. The van der Waals surface area contributed by atoms with E-state index in [0.29, 0.717) is 12.1 Å². The SMILES string of the molecule is O=C1c2ccccc2C(=NC2CCCCC2)N1C1CCCCC1. The third-order valence-electron chi connectivity index (χ3n) is 5.66. The van der Waals surface area contributed by atoms with Crippen LogP contribution in [0.1, 0.15) is 80.1 Å². The zero-order valence-electron chi connectivity index (χ0n) is 13.8. The molecule has 122 valence electrons. The fraction of sp³-hybridized carbons (Fsp3) is 0.600. The van der Waals surface area contributed by atoms with Crippen molar-refractivity contribution in [3.63, 3.8) is 0 Å². The van der Waals surface area contributed by atoms with Crippen molar-refractivity contribution in [3.05, 3.63) is 35.4 Å². The van der Waals surface area contributed by atoms with Crippen LogP contribution in [0.3, 0.4) is 0 Å². The van der Waals surface area contributed by atoms with Gasteiger partial charge in [0.15, 0.2) is 0 Å². The number of amidine groups is 1. The molecule has 0 atom stereocenters. The number of carbonyl (C=O) groups excluding carboxylic acids is 1. The molecule has 0 spiro atoms. The number of amides is 1. The maximum Gasteiger partial charge on any atom is 0.260 e. The van der Waals surface area contributed by atoms with Gasteiger partial charge < -0.3 is 0 Å². The number of hydrogen-bond acceptors (Lipinski definition) is 2. The number of nitrogens with zero attached hydrogens (tertiary/aromatic N) is 2. The Kier molecular flexibility index (Phi) is 4.19. The Morgan fingerprint density at radius 2 is 1.43 bits per heavy atom. The highest BCUT2D eigenvalue weighted by Gasteiger charge is 2.38. The van der Waals surface area contributed by atoms with E-state index in [-0.39, 0.29) is 5.91 Å². The van der Waals surface area contributed by atoms with Gasteiger partial charge in [0.25, 0.3) is 5.91 Å². The first-order chi connectivity index (χ1) is 11.3. The quantitative estimate of drug-likeness (QED) is 0.788. The van der Waals surface area contributed by atoms with Crippen LogP contribution in [0.5, 0.6) is 0 Å². The monoisotopic (exact) mass is 310 g/mol. The molecule has 1 amide bonds. The summed E-state index contributed by atoms with van der Waals surface area (Å²) in [7, 11) is 0. The number of hydrogen-bond donors (Lipinski definition) is 0. The second-order valence-electron chi connectivity index (χ2n) is 7.26. The first kappa shape index (κ1) is 14.9. The molecule has 23 heavy (non-hydrogen) atoms. The van der Waals surface area contributed by atoms with E-state index in [2.05, 4.69) is 11.0 Å². The molecule has 1 heterocycles. The van der Waals surface area contributed by atoms with Gasteiger partial charge in [-0.1, -0.05) is 56.7 Å². The summed E-state index contributed by atoms with van der Waals surface area (Å²) >= 11 is 0. The Morgan fingerprint density at radius 1 is 0.826 bits per heavy atom. The number of aliphatic imine (C=N–C) groups is 1. The minimum Gasteiger partial charge on any atom is -0.289 e. The van der Waals surface area contributed by atoms with E-state index in [9.17, 15) is 4.79 Å². The van der Waals surface area contributed by atoms with Crippen LogP contribution in [0.15, 0.2) is 29.3 Å². The molecule has 0 bridgehead atoms. The zero-order chi connectivity index (χ0) is 15.6. The summed E-state index contributed by atoms with van der Waals surface area (Å²) in [4.78, 5) is 20.2. The van der Waals surface area contributed by atoms with Crippen molar-refractivity contribution in [1.29, 1.82) is 0 Å². The van der Waals surface area contributed by atoms with Crippen LogP contribution in [0.4, 0.5) is 0 Å². The van der Waals surface area contributed by atoms with Crippen molar-refractivity contribution in [2.75, 3.05) is 0 Å². The Balaban J connectivity index is 1.71. The summed E-state index contributed by atoms with van der Waals surface area (Å²) in [6.07, 6.45) is 12.3. The highest BCUT2D eigenvalue weighted by Crippen LogP contribution is 2.32. The van der Waals surface area contributed by atoms with Crippen LogP contribution in [0.2, 0.25) is 0 Å². The summed E-state index contributed by atoms with van der Waals surface area (Å²) in [5.74, 6) is 1.16. The molecule has 2 saturated carbocycles. The molecule has 3 heteroatoms. The van der Waals surface area contributed by atoms with Crippen LogP contribution < -0.4 is 0 Å². The van der Waals surface area contributed by atoms with E-state index in [1.54, 1.807) is 0 Å². The lowest BCUT2D eigenvalue weighted by molar-refractivity contribution is 0.0791. The molecular weight excluding hydrogens is 284 g/mol. The smallest absolute Gasteiger partial charge is 0.260 e. The summed E-state index contributed by atoms with van der Waals surface area (Å²) in [5.41, 5.74) is 1.92. The van der Waals surface area contributed by atoms with Gasteiger partial charge in [-0.2, -0.15) is 0 Å². The van der Waals surface area contributed by atoms with Gasteiger partial charge in [0.05, 0.1) is 11.6 Å². The molecular formula is C20H26N2O. The second kappa shape index (κ2) is 6.46. The van der Waals surface area contributed by atoms with Gasteiger partial charge in [-0.3, -0.25) is 14.7 Å². The topological polar surface area (TPSA) is 32.7 Å². The molecule has 0 radical (unpaired) electrons. The molecule has 1 aromatic carbocycles. The molecule has 0 N–H and O–H groups in total. The number of benzene rings is 1. The van der Waals surface area contributed by atoms with Gasteiger partial charge in [0, 0.05) is 11.6 Å². The van der Waals surface area contributed by atoms with Gasteiger partial charge in [-0.05, 0) is 31.7 Å². The summed E-state index contributed by atoms with van der Waals surface area (Å²) < 4.78 is 0. The predicted molar refractivity (Wildman–Crippen MR) is 92.9 cm³/mol. The van der Waals surface area contributed by atoms with Gasteiger partial charge in [0.1, 0.15) is 5.84 Å². The van der Waals surface area contributed by atoms with Crippen molar-refractivity contribution in [3.8, 4) is 0 Å². The predicted octanol–water partition coefficient (Wildman–Crippen LogP) is 4.55. The summed E-state index contributed by atoms with van der Waals surface area (Å²) in [5, 5.41) is 0. The van der Waals surface area contributed by atoms with Crippen LogP contribution >= 0.6 is 0 Å². The lowest BCUT2D eigenvalue weighted by atomic mass is 9.94. The van der Waals surface area contributed by atoms with Gasteiger partial charge in [-0.15, -0.1) is 0 Å². The van der Waals surface area contributed by atoms with Gasteiger partial charge >= 0.3 is 0 Å². The first-order valence-corrected chi connectivity index (χ1v) is 9.35. The number of carbonyl (C=O) groups is 1. The second-order valence-corrected chi connectivity index (χ2v) is 7.26. The molecule has 0 saturated heterocycles. The van der Waals surface area contributed by atoms with E-state index in [1.807, 2.05) is 18.2 Å². The maximum atomic E-state index is 13.0. The van der Waals surface area contributed by atoms with E-state index in [1.165, 1.54) is 51.4 Å². The standard InChI is InChI=1S/C20H26N2O/c23-20-18-14-8-7-13-17(18)19(21-15-9-3-1-4-10-15)22(20)16-11-5-2-6-12-16/h7-8,13-16H,1-6,9-12H2. The van der Waals surface area contributed by atoms with Crippen molar-refractivity contribution in [2.24, 2.45) is 4.99 Å². The average molecular weight is 310 g/mol. The number of rotatable bonds is 2. The van der Waals surface area contributed by atoms with E-state index in [0.717, 1.165) is 29.8 Å². The lowest BCUT2D eigenvalue weighted by Gasteiger charge is -2.32. The minimum absolute atomic E-state index is 0.182. The summed E-state index contributed by atoms with van der Waals surface area (Å²) in [6.45, 7) is 0. The van der Waals surface area contributed by atoms with Crippen LogP contribution in [0.25, 0.3) is 0 Å². The fourth-order valence-electron chi connectivity index (χ4n) is 4.41. The van der Waals surface area contributed by atoms with Crippen molar-refractivity contribution < 1.29 is 4.79 Å². The molecule has 0 aromatic heterocycles. The van der Waals surface area contributed by atoms with E-state index in [4.69, 9.17) is 4.99 Å². The largest absolute Gasteiger partial charge is 0.289 e.